The fraction of sp³-hybridized carbons (Fsp3) is 0.303. The molecule has 1 aliphatic heterocycles. The topological polar surface area (TPSA) is 71.2 Å². The summed E-state index contributed by atoms with van der Waals surface area (Å²) in [6, 6.07) is 31.3. The number of hydrogen-bond donors (Lipinski definition) is 1. The van der Waals surface area contributed by atoms with Crippen molar-refractivity contribution in [3.05, 3.63) is 119 Å². The molecule has 5 rings (SSSR count). The van der Waals surface area contributed by atoms with E-state index in [1.807, 2.05) is 42.5 Å². The second-order valence-electron chi connectivity index (χ2n) is 10.1. The second-order valence-corrected chi connectivity index (χ2v) is 10.1. The van der Waals surface area contributed by atoms with Crippen molar-refractivity contribution in [2.75, 3.05) is 46.4 Å². The second kappa shape index (κ2) is 14.1. The van der Waals surface area contributed by atoms with Crippen molar-refractivity contribution in [3.63, 3.8) is 0 Å². The van der Waals surface area contributed by atoms with Crippen LogP contribution in [0, 0.1) is 0 Å². The quantitative estimate of drug-likeness (QED) is 0.267. The van der Waals surface area contributed by atoms with Crippen molar-refractivity contribution >= 4 is 12.2 Å². The van der Waals surface area contributed by atoms with E-state index in [2.05, 4.69) is 75.6 Å². The van der Waals surface area contributed by atoms with E-state index in [4.69, 9.17) is 14.0 Å². The lowest BCUT2D eigenvalue weighted by atomic mass is 9.96. The van der Waals surface area contributed by atoms with Gasteiger partial charge in [0.15, 0.2) is 5.76 Å². The van der Waals surface area contributed by atoms with Gasteiger partial charge in [0.2, 0.25) is 0 Å². The summed E-state index contributed by atoms with van der Waals surface area (Å²) in [5, 5.41) is 14.7. The van der Waals surface area contributed by atoms with E-state index in [0.717, 1.165) is 43.2 Å². The molecular formula is C33H37N3O4. The molecule has 3 aromatic carbocycles. The average Bonchev–Trinajstić information content (AvgIpc) is 3.45. The fourth-order valence-corrected chi connectivity index (χ4v) is 5.14. The summed E-state index contributed by atoms with van der Waals surface area (Å²) >= 11 is 0. The largest absolute Gasteiger partial charge is 0.491 e. The van der Waals surface area contributed by atoms with Crippen LogP contribution in [0.2, 0.25) is 0 Å². The molecule has 208 valence electrons. The first kappa shape index (κ1) is 27.8. The molecule has 40 heavy (non-hydrogen) atoms. The molecule has 7 heteroatoms. The predicted octanol–water partition coefficient (Wildman–Crippen LogP) is 5.14. The van der Waals surface area contributed by atoms with Crippen LogP contribution in [0.5, 0.6) is 5.75 Å². The number of aliphatic hydroxyl groups excluding tert-OH is 1. The lowest BCUT2D eigenvalue weighted by Crippen LogP contribution is -2.50. The van der Waals surface area contributed by atoms with Crippen LogP contribution >= 0.6 is 0 Å². The van der Waals surface area contributed by atoms with Crippen molar-refractivity contribution in [1.29, 1.82) is 0 Å². The molecule has 0 aliphatic carbocycles. The lowest BCUT2D eigenvalue weighted by molar-refractivity contribution is 0.0401. The Kier molecular flexibility index (Phi) is 9.77. The van der Waals surface area contributed by atoms with E-state index in [1.54, 1.807) is 7.11 Å². The fourth-order valence-electron chi connectivity index (χ4n) is 5.14. The van der Waals surface area contributed by atoms with E-state index < -0.39 is 6.10 Å². The smallest absolute Gasteiger partial charge is 0.160 e. The maximum absolute atomic E-state index is 10.7. The SMILES string of the molecule is COCc1cc(C=Cc2cccc(OCC(O)CN3CCN(C(c4ccccc4)c4ccccc4)CC3)c2)on1. The molecule has 1 aliphatic rings. The average molecular weight is 540 g/mol. The van der Waals surface area contributed by atoms with Crippen molar-refractivity contribution in [1.82, 2.24) is 15.0 Å². The molecule has 4 aromatic rings. The molecule has 0 bridgehead atoms. The minimum atomic E-state index is -0.571. The van der Waals surface area contributed by atoms with E-state index in [0.29, 0.717) is 18.9 Å². The van der Waals surface area contributed by atoms with Gasteiger partial charge < -0.3 is 19.1 Å². The molecule has 0 spiro atoms. The minimum absolute atomic E-state index is 0.232. The number of aliphatic hydroxyl groups is 1. The molecule has 1 aromatic heterocycles. The van der Waals surface area contributed by atoms with Gasteiger partial charge in [-0.05, 0) is 34.9 Å². The number of hydrogen-bond acceptors (Lipinski definition) is 7. The number of nitrogens with zero attached hydrogens (tertiary/aromatic N) is 3. The highest BCUT2D eigenvalue weighted by Crippen LogP contribution is 2.29. The molecule has 0 radical (unpaired) electrons. The summed E-state index contributed by atoms with van der Waals surface area (Å²) in [4.78, 5) is 4.87. The van der Waals surface area contributed by atoms with Gasteiger partial charge >= 0.3 is 0 Å². The molecule has 1 atom stereocenters. The summed E-state index contributed by atoms with van der Waals surface area (Å²) in [6.07, 6.45) is 3.23. The predicted molar refractivity (Wildman–Crippen MR) is 157 cm³/mol. The van der Waals surface area contributed by atoms with E-state index in [9.17, 15) is 5.11 Å². The molecular weight excluding hydrogens is 502 g/mol. The highest BCUT2D eigenvalue weighted by Gasteiger charge is 2.27. The Morgan fingerprint density at radius 1 is 0.875 bits per heavy atom. The van der Waals surface area contributed by atoms with Crippen molar-refractivity contribution in [3.8, 4) is 5.75 Å². The van der Waals surface area contributed by atoms with Crippen LogP contribution in [0.4, 0.5) is 0 Å². The van der Waals surface area contributed by atoms with Crippen LogP contribution < -0.4 is 4.74 Å². The number of methoxy groups -OCH3 is 1. The summed E-state index contributed by atoms with van der Waals surface area (Å²) in [6.45, 7) is 4.93. The summed E-state index contributed by atoms with van der Waals surface area (Å²) in [5.74, 6) is 1.38. The number of ether oxygens (including phenoxy) is 2. The first-order chi connectivity index (χ1) is 19.7. The Morgan fingerprint density at radius 3 is 2.25 bits per heavy atom. The number of aromatic nitrogens is 1. The van der Waals surface area contributed by atoms with Crippen LogP contribution in [-0.4, -0.2) is 72.6 Å². The molecule has 0 saturated carbocycles. The zero-order valence-electron chi connectivity index (χ0n) is 22.9. The maximum Gasteiger partial charge on any atom is 0.160 e. The Balaban J connectivity index is 1.10. The third kappa shape index (κ3) is 7.67. The number of rotatable bonds is 12. The van der Waals surface area contributed by atoms with Crippen LogP contribution in [0.25, 0.3) is 12.2 Å². The Hall–Kier alpha value is -3.75. The first-order valence-corrected chi connectivity index (χ1v) is 13.8. The van der Waals surface area contributed by atoms with Crippen LogP contribution in [0.3, 0.4) is 0 Å². The Labute approximate surface area is 236 Å². The third-order valence-electron chi connectivity index (χ3n) is 7.08. The highest BCUT2D eigenvalue weighted by atomic mass is 16.5. The zero-order valence-corrected chi connectivity index (χ0v) is 22.9. The molecule has 1 unspecified atom stereocenters. The highest BCUT2D eigenvalue weighted by molar-refractivity contribution is 5.68. The maximum atomic E-state index is 10.7. The number of benzene rings is 3. The molecule has 1 N–H and O–H groups in total. The Morgan fingerprint density at radius 2 is 1.57 bits per heavy atom. The van der Waals surface area contributed by atoms with Crippen molar-refractivity contribution < 1.29 is 19.1 Å². The first-order valence-electron chi connectivity index (χ1n) is 13.8. The summed E-state index contributed by atoms with van der Waals surface area (Å²) < 4.78 is 16.3. The summed E-state index contributed by atoms with van der Waals surface area (Å²) in [5.41, 5.74) is 4.34. The van der Waals surface area contributed by atoms with Gasteiger partial charge in [0.25, 0.3) is 0 Å². The molecule has 1 saturated heterocycles. The van der Waals surface area contributed by atoms with Crippen LogP contribution in [-0.2, 0) is 11.3 Å². The van der Waals surface area contributed by atoms with Crippen molar-refractivity contribution in [2.24, 2.45) is 0 Å². The minimum Gasteiger partial charge on any atom is -0.491 e. The third-order valence-corrected chi connectivity index (χ3v) is 7.08. The lowest BCUT2D eigenvalue weighted by Gasteiger charge is -2.40. The standard InChI is InChI=1S/C33H37N3O4/c1-38-24-29-22-32(40-34-29)16-15-26-9-8-14-31(21-26)39-25-30(37)23-35-17-19-36(20-18-35)33(27-10-4-2-5-11-27)28-12-6-3-7-13-28/h2-16,21-22,30,33,37H,17-20,23-25H2,1H3. The van der Waals surface area contributed by atoms with Crippen LogP contribution in [0.1, 0.15) is 34.2 Å². The van der Waals surface area contributed by atoms with Gasteiger partial charge in [0, 0.05) is 45.9 Å². The van der Waals surface area contributed by atoms with Gasteiger partial charge in [-0.2, -0.15) is 0 Å². The van der Waals surface area contributed by atoms with Gasteiger partial charge in [-0.3, -0.25) is 9.80 Å². The Bertz CT molecular complexity index is 1290. The summed E-state index contributed by atoms with van der Waals surface area (Å²) in [7, 11) is 1.63. The number of β-amino-alcohol motifs (C(OH)–C–C–N with tert-alkyl or cyclic N) is 1. The van der Waals surface area contributed by atoms with Gasteiger partial charge in [-0.25, -0.2) is 0 Å². The molecule has 0 amide bonds. The molecule has 7 nitrogen and oxygen atoms in total. The van der Waals surface area contributed by atoms with E-state index in [1.165, 1.54) is 11.1 Å². The van der Waals surface area contributed by atoms with Gasteiger partial charge in [-0.15, -0.1) is 0 Å². The van der Waals surface area contributed by atoms with Crippen LogP contribution in [0.15, 0.2) is 95.5 Å². The monoisotopic (exact) mass is 539 g/mol. The van der Waals surface area contributed by atoms with E-state index in [-0.39, 0.29) is 12.6 Å². The van der Waals surface area contributed by atoms with Gasteiger partial charge in [-0.1, -0.05) is 84.0 Å². The van der Waals surface area contributed by atoms with Gasteiger partial charge in [0.1, 0.15) is 24.2 Å². The molecule has 1 fully saturated rings. The molecule has 2 heterocycles. The zero-order chi connectivity index (χ0) is 27.6. The normalized spacial score (nSPS) is 15.6. The number of piperazine rings is 1. The van der Waals surface area contributed by atoms with E-state index >= 15 is 0 Å². The van der Waals surface area contributed by atoms with Crippen molar-refractivity contribution in [2.45, 2.75) is 18.8 Å². The van der Waals surface area contributed by atoms with Gasteiger partial charge in [0.05, 0.1) is 12.6 Å².